The number of benzene rings is 5. The molecular formula is C59H58F2N6O6. The summed E-state index contributed by atoms with van der Waals surface area (Å²) in [6.45, 7) is 6.29. The molecule has 0 spiro atoms. The molecule has 0 unspecified atom stereocenters. The van der Waals surface area contributed by atoms with E-state index in [1.807, 2.05) is 112 Å². The molecule has 1 N–H and O–H groups in total. The maximum absolute atomic E-state index is 14.3. The smallest absolute Gasteiger partial charge is 0.278 e. The van der Waals surface area contributed by atoms with Crippen molar-refractivity contribution in [3.63, 3.8) is 0 Å². The van der Waals surface area contributed by atoms with Gasteiger partial charge in [-0.15, -0.1) is 0 Å². The molecule has 2 aliphatic carbocycles. The molecule has 0 saturated heterocycles. The minimum Gasteiger partial charge on any atom is -0.502 e. The predicted octanol–water partition coefficient (Wildman–Crippen LogP) is 9.22. The second kappa shape index (κ2) is 20.2. The Morgan fingerprint density at radius 2 is 0.890 bits per heavy atom. The summed E-state index contributed by atoms with van der Waals surface area (Å²) in [6, 6.07) is 41.7. The van der Waals surface area contributed by atoms with Crippen molar-refractivity contribution in [2.45, 2.75) is 97.5 Å². The molecule has 7 aromatic rings. The Kier molecular flexibility index (Phi) is 13.5. The van der Waals surface area contributed by atoms with E-state index in [0.29, 0.717) is 0 Å². The molecule has 4 heterocycles. The number of fused-ring (bicyclic) bond motifs is 6. The number of hydrogen-bond acceptors (Lipinski definition) is 8. The number of hydrogen-bond donors (Lipinski definition) is 1. The van der Waals surface area contributed by atoms with Gasteiger partial charge in [-0.2, -0.15) is 0 Å². The Bertz CT molecular complexity index is 3260. The minimum absolute atomic E-state index is 0.0437. The second-order valence-corrected chi connectivity index (χ2v) is 19.6. The Hall–Kier alpha value is -8.00. The van der Waals surface area contributed by atoms with Crippen LogP contribution in [0.25, 0.3) is 0 Å². The molecule has 2 aromatic heterocycles. The van der Waals surface area contributed by atoms with Gasteiger partial charge in [0.1, 0.15) is 33.3 Å². The summed E-state index contributed by atoms with van der Waals surface area (Å²) in [5.41, 5.74) is 8.47. The summed E-state index contributed by atoms with van der Waals surface area (Å²) in [4.78, 5) is 56.7. The molecule has 11 rings (SSSR count). The number of pyridine rings is 2. The maximum Gasteiger partial charge on any atom is 0.278 e. The van der Waals surface area contributed by atoms with Crippen molar-refractivity contribution < 1.29 is 28.2 Å². The van der Waals surface area contributed by atoms with Crippen molar-refractivity contribution in [2.75, 3.05) is 23.4 Å². The van der Waals surface area contributed by atoms with Gasteiger partial charge in [0.2, 0.25) is 10.9 Å². The van der Waals surface area contributed by atoms with E-state index >= 15 is 0 Å². The largest absolute Gasteiger partial charge is 0.502 e. The SMILES string of the molecule is CC(C)N1CN(C2c3ccccc3CCc3ccccc32)n2cc(CF)c(=O)c(O)c2C1=O.CC(C)N1CN(C2c3ccccc3CCc3ccccc32)n2cc(CF)c(=O)c(OCc3ccccc3)c2C1=O. The minimum atomic E-state index is -1.03. The Labute approximate surface area is 422 Å². The lowest BCUT2D eigenvalue weighted by Crippen LogP contribution is -2.57. The van der Waals surface area contributed by atoms with Crippen LogP contribution in [-0.4, -0.2) is 61.5 Å². The average Bonchev–Trinajstić information content (AvgIpc) is 3.68. The summed E-state index contributed by atoms with van der Waals surface area (Å²) in [5.74, 6) is -1.58. The standard InChI is InChI=1S/C33H32FN3O3.C26H26FN3O3/c1-22(2)35-21-37(29-27-14-8-6-12-24(27)16-17-25-13-7-9-15-28(25)29)36-19-26(18-34)31(38)32(30(36)33(35)39)40-20-23-10-4-3-5-11-23;1-16(2)28-15-30(29-14-19(13-27)24(31)25(32)23(29)26(28)33)22-20-9-5-3-7-17(20)11-12-18-8-4-6-10-21(18)22/h3-15,19,22,29H,16-18,20-21H2,1-2H3;3-10,14,16,22,32H,11-13,15H2,1-2H3. The van der Waals surface area contributed by atoms with Gasteiger partial charge in [-0.3, -0.25) is 38.5 Å². The van der Waals surface area contributed by atoms with Crippen LogP contribution >= 0.6 is 0 Å². The predicted molar refractivity (Wildman–Crippen MR) is 277 cm³/mol. The number of carbonyl (C=O) groups excluding carboxylic acids is 2. The van der Waals surface area contributed by atoms with Crippen molar-refractivity contribution in [2.24, 2.45) is 0 Å². The first-order chi connectivity index (χ1) is 35.4. The van der Waals surface area contributed by atoms with Crippen molar-refractivity contribution in [3.05, 3.63) is 233 Å². The molecule has 14 heteroatoms. The molecule has 2 amide bonds. The molecule has 4 aliphatic rings. The fourth-order valence-corrected chi connectivity index (χ4v) is 10.8. The van der Waals surface area contributed by atoms with Crippen LogP contribution in [0.5, 0.6) is 11.5 Å². The molecule has 0 fully saturated rings. The highest BCUT2D eigenvalue weighted by molar-refractivity contribution is 5.97. The maximum atomic E-state index is 14.3. The first kappa shape index (κ1) is 48.6. The normalized spacial score (nSPS) is 15.3. The molecular weight excluding hydrogens is 927 g/mol. The van der Waals surface area contributed by atoms with Gasteiger partial charge >= 0.3 is 0 Å². The van der Waals surface area contributed by atoms with E-state index in [4.69, 9.17) is 4.74 Å². The zero-order valence-electron chi connectivity index (χ0n) is 41.4. The van der Waals surface area contributed by atoms with Crippen LogP contribution in [0.15, 0.2) is 149 Å². The van der Waals surface area contributed by atoms with E-state index in [0.717, 1.165) is 53.5 Å². The summed E-state index contributed by atoms with van der Waals surface area (Å²) in [6.07, 6.45) is 6.39. The highest BCUT2D eigenvalue weighted by Gasteiger charge is 2.42. The first-order valence-electron chi connectivity index (χ1n) is 24.9. The fourth-order valence-electron chi connectivity index (χ4n) is 10.8. The topological polar surface area (TPSA) is 121 Å². The zero-order valence-corrected chi connectivity index (χ0v) is 41.4. The van der Waals surface area contributed by atoms with E-state index in [1.165, 1.54) is 39.3 Å². The van der Waals surface area contributed by atoms with Gasteiger partial charge in [0.05, 0.1) is 23.2 Å². The lowest BCUT2D eigenvalue weighted by molar-refractivity contribution is 0.0611. The van der Waals surface area contributed by atoms with Gasteiger partial charge < -0.3 is 19.6 Å². The molecule has 0 saturated carbocycles. The van der Waals surface area contributed by atoms with E-state index < -0.39 is 35.9 Å². The van der Waals surface area contributed by atoms with Crippen LogP contribution in [0.3, 0.4) is 0 Å². The van der Waals surface area contributed by atoms with Crippen LogP contribution in [0, 0.1) is 0 Å². The molecule has 0 bridgehead atoms. The molecule has 5 aromatic carbocycles. The van der Waals surface area contributed by atoms with Crippen molar-refractivity contribution in [3.8, 4) is 11.5 Å². The summed E-state index contributed by atoms with van der Waals surface area (Å²) < 4.78 is 37.3. The van der Waals surface area contributed by atoms with Crippen LogP contribution in [0.4, 0.5) is 8.78 Å². The van der Waals surface area contributed by atoms with Crippen LogP contribution in [0.1, 0.15) is 122 Å². The van der Waals surface area contributed by atoms with Gasteiger partial charge in [-0.25, -0.2) is 8.78 Å². The summed E-state index contributed by atoms with van der Waals surface area (Å²) >= 11 is 0. The highest BCUT2D eigenvalue weighted by atomic mass is 19.1. The average molecular weight is 985 g/mol. The Morgan fingerprint density at radius 1 is 0.521 bits per heavy atom. The number of carbonyl (C=O) groups is 2. The number of aromatic hydroxyl groups is 1. The quantitative estimate of drug-likeness (QED) is 0.152. The number of amides is 2. The van der Waals surface area contributed by atoms with E-state index in [2.05, 4.69) is 53.5 Å². The third-order valence-corrected chi connectivity index (χ3v) is 14.6. The molecule has 374 valence electrons. The second-order valence-electron chi connectivity index (χ2n) is 19.6. The van der Waals surface area contributed by atoms with Gasteiger partial charge in [-0.05, 0) is 103 Å². The Morgan fingerprint density at radius 3 is 1.30 bits per heavy atom. The van der Waals surface area contributed by atoms with Crippen LogP contribution in [0.2, 0.25) is 0 Å². The number of nitrogens with zero attached hydrogens (tertiary/aromatic N) is 6. The molecule has 0 radical (unpaired) electrons. The summed E-state index contributed by atoms with van der Waals surface area (Å²) in [7, 11) is 0. The van der Waals surface area contributed by atoms with Gasteiger partial charge in [0, 0.05) is 24.5 Å². The van der Waals surface area contributed by atoms with Crippen LogP contribution < -0.4 is 25.6 Å². The highest BCUT2D eigenvalue weighted by Crippen LogP contribution is 2.41. The van der Waals surface area contributed by atoms with E-state index in [1.54, 1.807) is 14.5 Å². The molecule has 73 heavy (non-hydrogen) atoms. The van der Waals surface area contributed by atoms with Gasteiger partial charge in [0.15, 0.2) is 22.9 Å². The Balaban J connectivity index is 0.000000171. The third kappa shape index (κ3) is 8.82. The number of halogens is 2. The van der Waals surface area contributed by atoms with E-state index in [-0.39, 0.29) is 78.3 Å². The number of aromatic nitrogens is 2. The summed E-state index contributed by atoms with van der Waals surface area (Å²) in [5, 5.41) is 14.7. The van der Waals surface area contributed by atoms with Gasteiger partial charge in [-0.1, -0.05) is 127 Å². The first-order valence-corrected chi connectivity index (χ1v) is 24.9. The number of alkyl halides is 2. The third-order valence-electron chi connectivity index (χ3n) is 14.6. The van der Waals surface area contributed by atoms with Gasteiger partial charge in [0.25, 0.3) is 11.8 Å². The molecule has 0 atom stereocenters. The fraction of sp³-hybridized carbons (Fsp3) is 0.288. The monoisotopic (exact) mass is 984 g/mol. The van der Waals surface area contributed by atoms with Crippen molar-refractivity contribution in [1.82, 2.24) is 19.2 Å². The number of aryl methyl sites for hydroxylation is 4. The van der Waals surface area contributed by atoms with Crippen molar-refractivity contribution in [1.29, 1.82) is 0 Å². The van der Waals surface area contributed by atoms with Crippen molar-refractivity contribution >= 4 is 11.8 Å². The molecule has 2 aliphatic heterocycles. The zero-order chi connectivity index (χ0) is 51.1. The lowest BCUT2D eigenvalue weighted by atomic mass is 9.94. The lowest BCUT2D eigenvalue weighted by Gasteiger charge is -2.46. The van der Waals surface area contributed by atoms with Crippen LogP contribution in [-0.2, 0) is 45.6 Å². The van der Waals surface area contributed by atoms with E-state index in [9.17, 15) is 33.1 Å². The number of ether oxygens (including phenoxy) is 1. The molecule has 12 nitrogen and oxygen atoms in total. The number of rotatable bonds is 9.